The molecule has 0 unspecified atom stereocenters. The summed E-state index contributed by atoms with van der Waals surface area (Å²) in [7, 11) is 4.50. The van der Waals surface area contributed by atoms with E-state index in [0.717, 1.165) is 0 Å². The lowest BCUT2D eigenvalue weighted by atomic mass is 10.1. The number of benzene rings is 2. The van der Waals surface area contributed by atoms with E-state index in [9.17, 15) is 4.79 Å². The Labute approximate surface area is 134 Å². The van der Waals surface area contributed by atoms with Crippen LogP contribution in [0.3, 0.4) is 0 Å². The standard InChI is InChI=1S/C17H18N2O4/c1-18-17(20)16(19-22-3)14-9-4-5-10-15(14)23-13-8-6-7-12(11-13)21-2/h4-11H,1-3H3,(H,18,20)/b19-16+. The molecule has 0 fully saturated rings. The van der Waals surface area contributed by atoms with Crippen LogP contribution in [0.5, 0.6) is 17.2 Å². The second-order valence-electron chi connectivity index (χ2n) is 4.48. The number of hydrogen-bond donors (Lipinski definition) is 1. The summed E-state index contributed by atoms with van der Waals surface area (Å²) < 4.78 is 11.1. The number of nitrogens with zero attached hydrogens (tertiary/aromatic N) is 1. The van der Waals surface area contributed by atoms with E-state index in [1.54, 1.807) is 37.4 Å². The van der Waals surface area contributed by atoms with Crippen molar-refractivity contribution in [3.05, 3.63) is 54.1 Å². The third-order valence-corrected chi connectivity index (χ3v) is 3.04. The fraction of sp³-hybridized carbons (Fsp3) is 0.176. The molecule has 0 radical (unpaired) electrons. The molecule has 0 bridgehead atoms. The number of amides is 1. The van der Waals surface area contributed by atoms with E-state index < -0.39 is 0 Å². The average molecular weight is 314 g/mol. The van der Waals surface area contributed by atoms with Crippen molar-refractivity contribution in [1.82, 2.24) is 5.32 Å². The zero-order valence-corrected chi connectivity index (χ0v) is 13.2. The minimum Gasteiger partial charge on any atom is -0.497 e. The van der Waals surface area contributed by atoms with Crippen molar-refractivity contribution in [2.75, 3.05) is 21.3 Å². The fourth-order valence-electron chi connectivity index (χ4n) is 1.97. The maximum Gasteiger partial charge on any atom is 0.273 e. The molecule has 0 atom stereocenters. The number of nitrogens with one attached hydrogen (secondary N) is 1. The molecular weight excluding hydrogens is 296 g/mol. The van der Waals surface area contributed by atoms with Crippen LogP contribution in [0.4, 0.5) is 0 Å². The van der Waals surface area contributed by atoms with Crippen LogP contribution >= 0.6 is 0 Å². The summed E-state index contributed by atoms with van der Waals surface area (Å²) >= 11 is 0. The molecule has 2 aromatic rings. The van der Waals surface area contributed by atoms with E-state index in [1.807, 2.05) is 18.2 Å². The number of rotatable bonds is 6. The van der Waals surface area contributed by atoms with Gasteiger partial charge >= 0.3 is 0 Å². The van der Waals surface area contributed by atoms with Gasteiger partial charge in [-0.05, 0) is 24.3 Å². The van der Waals surface area contributed by atoms with Crippen LogP contribution in [0, 0.1) is 0 Å². The summed E-state index contributed by atoms with van der Waals surface area (Å²) in [4.78, 5) is 16.8. The van der Waals surface area contributed by atoms with E-state index in [-0.39, 0.29) is 11.6 Å². The summed E-state index contributed by atoms with van der Waals surface area (Å²) in [5.41, 5.74) is 0.657. The van der Waals surface area contributed by atoms with Gasteiger partial charge in [-0.25, -0.2) is 0 Å². The molecule has 0 aliphatic heterocycles. The van der Waals surface area contributed by atoms with Crippen LogP contribution in [0.1, 0.15) is 5.56 Å². The maximum absolute atomic E-state index is 12.0. The van der Waals surface area contributed by atoms with Crippen molar-refractivity contribution in [2.24, 2.45) is 5.16 Å². The molecule has 0 aliphatic carbocycles. The molecule has 6 heteroatoms. The van der Waals surface area contributed by atoms with Crippen molar-refractivity contribution in [3.8, 4) is 17.2 Å². The Bertz CT molecular complexity index is 713. The molecule has 0 spiro atoms. The second-order valence-corrected chi connectivity index (χ2v) is 4.48. The molecule has 2 rings (SSSR count). The number of carbonyl (C=O) groups excluding carboxylic acids is 1. The molecule has 120 valence electrons. The average Bonchev–Trinajstić information content (AvgIpc) is 2.60. The smallest absolute Gasteiger partial charge is 0.273 e. The van der Waals surface area contributed by atoms with Crippen molar-refractivity contribution >= 4 is 11.6 Å². The molecule has 0 aliphatic rings. The second kappa shape index (κ2) is 7.84. The number of methoxy groups -OCH3 is 1. The van der Waals surface area contributed by atoms with Gasteiger partial charge in [0.05, 0.1) is 12.7 Å². The van der Waals surface area contributed by atoms with E-state index in [0.29, 0.717) is 22.8 Å². The molecule has 0 saturated carbocycles. The summed E-state index contributed by atoms with van der Waals surface area (Å²) in [5, 5.41) is 6.33. The highest BCUT2D eigenvalue weighted by Gasteiger charge is 2.18. The molecule has 0 heterocycles. The highest BCUT2D eigenvalue weighted by molar-refractivity contribution is 6.45. The first-order valence-electron chi connectivity index (χ1n) is 6.94. The minimum atomic E-state index is -0.367. The lowest BCUT2D eigenvalue weighted by molar-refractivity contribution is -0.114. The SMILES string of the molecule is CNC(=O)/C(=N/OC)c1ccccc1Oc1cccc(OC)c1. The normalized spacial score (nSPS) is 10.8. The van der Waals surface area contributed by atoms with Crippen molar-refractivity contribution in [3.63, 3.8) is 0 Å². The van der Waals surface area contributed by atoms with Crippen molar-refractivity contribution < 1.29 is 19.1 Å². The molecule has 1 N–H and O–H groups in total. The Balaban J connectivity index is 2.40. The molecule has 0 saturated heterocycles. The molecule has 1 amide bonds. The lowest BCUT2D eigenvalue weighted by Crippen LogP contribution is -2.28. The predicted octanol–water partition coefficient (Wildman–Crippen LogP) is 2.58. The zero-order valence-electron chi connectivity index (χ0n) is 13.2. The van der Waals surface area contributed by atoms with E-state index >= 15 is 0 Å². The van der Waals surface area contributed by atoms with Gasteiger partial charge in [-0.2, -0.15) is 0 Å². The Hall–Kier alpha value is -3.02. The topological polar surface area (TPSA) is 69.2 Å². The Morgan fingerprint density at radius 3 is 2.48 bits per heavy atom. The molecule has 2 aromatic carbocycles. The first kappa shape index (κ1) is 16.4. The molecule has 0 aromatic heterocycles. The first-order chi connectivity index (χ1) is 11.2. The summed E-state index contributed by atoms with van der Waals surface area (Å²) in [6, 6.07) is 14.3. The number of hydrogen-bond acceptors (Lipinski definition) is 5. The van der Waals surface area contributed by atoms with Crippen LogP contribution in [-0.4, -0.2) is 32.9 Å². The minimum absolute atomic E-state index is 0.133. The number of para-hydroxylation sites is 1. The van der Waals surface area contributed by atoms with Gasteiger partial charge in [0.25, 0.3) is 5.91 Å². The van der Waals surface area contributed by atoms with Gasteiger partial charge in [0, 0.05) is 13.1 Å². The summed E-state index contributed by atoms with van der Waals surface area (Å²) in [6.45, 7) is 0. The lowest BCUT2D eigenvalue weighted by Gasteiger charge is -2.12. The molecule has 6 nitrogen and oxygen atoms in total. The van der Waals surface area contributed by atoms with Crippen LogP contribution < -0.4 is 14.8 Å². The van der Waals surface area contributed by atoms with Crippen LogP contribution in [0.25, 0.3) is 0 Å². The van der Waals surface area contributed by atoms with Crippen molar-refractivity contribution in [1.29, 1.82) is 0 Å². The van der Waals surface area contributed by atoms with Crippen LogP contribution in [-0.2, 0) is 9.63 Å². The number of likely N-dealkylation sites (N-methyl/N-ethyl adjacent to an activating group) is 1. The third kappa shape index (κ3) is 4.00. The highest BCUT2D eigenvalue weighted by Crippen LogP contribution is 2.28. The summed E-state index contributed by atoms with van der Waals surface area (Å²) in [5.74, 6) is 1.39. The quantitative estimate of drug-likeness (QED) is 0.657. The monoisotopic (exact) mass is 314 g/mol. The maximum atomic E-state index is 12.0. The van der Waals surface area contributed by atoms with Gasteiger partial charge < -0.3 is 19.6 Å². The van der Waals surface area contributed by atoms with Crippen LogP contribution in [0.2, 0.25) is 0 Å². The first-order valence-corrected chi connectivity index (χ1v) is 6.94. The predicted molar refractivity (Wildman–Crippen MR) is 87.1 cm³/mol. The highest BCUT2D eigenvalue weighted by atomic mass is 16.6. The van der Waals surface area contributed by atoms with E-state index in [1.165, 1.54) is 14.2 Å². The summed E-state index contributed by atoms with van der Waals surface area (Å²) in [6.07, 6.45) is 0. The van der Waals surface area contributed by atoms with Crippen LogP contribution in [0.15, 0.2) is 53.7 Å². The number of carbonyl (C=O) groups is 1. The van der Waals surface area contributed by atoms with Gasteiger partial charge in [0.1, 0.15) is 24.4 Å². The molecular formula is C17H18N2O4. The van der Waals surface area contributed by atoms with Gasteiger partial charge in [-0.15, -0.1) is 0 Å². The van der Waals surface area contributed by atoms with E-state index in [2.05, 4.69) is 10.5 Å². The van der Waals surface area contributed by atoms with Gasteiger partial charge in [0.2, 0.25) is 0 Å². The Morgan fingerprint density at radius 1 is 1.04 bits per heavy atom. The van der Waals surface area contributed by atoms with Gasteiger partial charge in [-0.3, -0.25) is 4.79 Å². The Kier molecular flexibility index (Phi) is 5.57. The fourth-order valence-corrected chi connectivity index (χ4v) is 1.97. The largest absolute Gasteiger partial charge is 0.497 e. The third-order valence-electron chi connectivity index (χ3n) is 3.04. The zero-order chi connectivity index (χ0) is 16.7. The Morgan fingerprint density at radius 2 is 1.78 bits per heavy atom. The molecule has 23 heavy (non-hydrogen) atoms. The van der Waals surface area contributed by atoms with Crippen molar-refractivity contribution in [2.45, 2.75) is 0 Å². The van der Waals surface area contributed by atoms with Gasteiger partial charge in [-0.1, -0.05) is 23.4 Å². The van der Waals surface area contributed by atoms with Gasteiger partial charge in [0.15, 0.2) is 5.71 Å². The van der Waals surface area contributed by atoms with E-state index in [4.69, 9.17) is 14.3 Å². The number of oxime groups is 1. The number of ether oxygens (including phenoxy) is 2.